The number of hydrogen-bond donors (Lipinski definition) is 2. The number of aromatic nitrogens is 3. The number of benzene rings is 1. The Morgan fingerprint density at radius 2 is 2.03 bits per heavy atom. The van der Waals surface area contributed by atoms with E-state index in [4.69, 9.17) is 9.72 Å². The molecule has 0 saturated carbocycles. The van der Waals surface area contributed by atoms with Crippen molar-refractivity contribution in [2.45, 2.75) is 45.4 Å². The Bertz CT molecular complexity index is 1230. The lowest BCUT2D eigenvalue weighted by Gasteiger charge is -2.26. The molecule has 0 aliphatic carbocycles. The Hall–Kier alpha value is -3.26. The standard InChI is InChI=1S/C24H26FN5O2/c1-24(2,3)28-16-8-9-30(12-16)20-7-6-18-17-5-4-14(10-15(17)13-32-23(18)27-20)21-19(25)11-26-29-22(21)31/h4-7,10-11,16,28H,8-9,12-13H2,1-3H3,(H,29,31). The third-order valence-corrected chi connectivity index (χ3v) is 5.85. The molecule has 0 spiro atoms. The summed E-state index contributed by atoms with van der Waals surface area (Å²) in [5.41, 5.74) is 2.77. The first-order chi connectivity index (χ1) is 15.3. The summed E-state index contributed by atoms with van der Waals surface area (Å²) in [6.45, 7) is 8.72. The highest BCUT2D eigenvalue weighted by Crippen LogP contribution is 2.39. The molecule has 2 aliphatic rings. The van der Waals surface area contributed by atoms with Crippen molar-refractivity contribution in [2.24, 2.45) is 0 Å². The minimum absolute atomic E-state index is 0.0190. The lowest BCUT2D eigenvalue weighted by molar-refractivity contribution is 0.290. The van der Waals surface area contributed by atoms with Crippen LogP contribution in [0.2, 0.25) is 0 Å². The monoisotopic (exact) mass is 435 g/mol. The van der Waals surface area contributed by atoms with Crippen LogP contribution in [0, 0.1) is 5.82 Å². The molecule has 2 N–H and O–H groups in total. The van der Waals surface area contributed by atoms with Crippen LogP contribution < -0.4 is 20.5 Å². The van der Waals surface area contributed by atoms with Crippen LogP contribution in [0.25, 0.3) is 22.3 Å². The summed E-state index contributed by atoms with van der Waals surface area (Å²) in [4.78, 5) is 19.1. The number of nitrogens with zero attached hydrogens (tertiary/aromatic N) is 3. The number of pyridine rings is 1. The van der Waals surface area contributed by atoms with Gasteiger partial charge in [0.05, 0.1) is 11.8 Å². The van der Waals surface area contributed by atoms with Crippen molar-refractivity contribution in [1.29, 1.82) is 0 Å². The van der Waals surface area contributed by atoms with Crippen LogP contribution in [-0.2, 0) is 6.61 Å². The maximum atomic E-state index is 14.2. The fourth-order valence-corrected chi connectivity index (χ4v) is 4.54. The Kier molecular flexibility index (Phi) is 4.97. The number of halogens is 1. The highest BCUT2D eigenvalue weighted by molar-refractivity contribution is 5.78. The molecule has 166 valence electrons. The van der Waals surface area contributed by atoms with Crippen LogP contribution in [0.5, 0.6) is 5.88 Å². The number of rotatable bonds is 3. The smallest absolute Gasteiger partial charge is 0.275 e. The lowest BCUT2D eigenvalue weighted by Crippen LogP contribution is -2.44. The number of anilines is 1. The molecule has 1 atom stereocenters. The summed E-state index contributed by atoms with van der Waals surface area (Å²) in [5, 5.41) is 9.45. The van der Waals surface area contributed by atoms with Crippen LogP contribution in [0.15, 0.2) is 41.3 Å². The van der Waals surface area contributed by atoms with E-state index in [1.165, 1.54) is 0 Å². The molecule has 0 amide bonds. The molecule has 2 aliphatic heterocycles. The molecule has 32 heavy (non-hydrogen) atoms. The average molecular weight is 436 g/mol. The predicted octanol–water partition coefficient (Wildman–Crippen LogP) is 3.50. The summed E-state index contributed by atoms with van der Waals surface area (Å²) >= 11 is 0. The molecule has 1 saturated heterocycles. The van der Waals surface area contributed by atoms with Crippen molar-refractivity contribution in [3.8, 4) is 28.1 Å². The van der Waals surface area contributed by atoms with Gasteiger partial charge in [0.25, 0.3) is 5.56 Å². The summed E-state index contributed by atoms with van der Waals surface area (Å²) in [5.74, 6) is 0.859. The topological polar surface area (TPSA) is 83.1 Å². The van der Waals surface area contributed by atoms with Gasteiger partial charge in [-0.2, -0.15) is 10.1 Å². The van der Waals surface area contributed by atoms with E-state index >= 15 is 0 Å². The molecule has 8 heteroatoms. The summed E-state index contributed by atoms with van der Waals surface area (Å²) < 4.78 is 20.1. The van der Waals surface area contributed by atoms with Gasteiger partial charge in [0.2, 0.25) is 5.88 Å². The molecule has 5 rings (SSSR count). The van der Waals surface area contributed by atoms with Gasteiger partial charge in [0.1, 0.15) is 12.4 Å². The van der Waals surface area contributed by atoms with Gasteiger partial charge in [-0.05, 0) is 62.1 Å². The predicted molar refractivity (Wildman–Crippen MR) is 121 cm³/mol. The molecule has 1 fully saturated rings. The normalized spacial score (nSPS) is 17.6. The van der Waals surface area contributed by atoms with Crippen molar-refractivity contribution in [3.05, 3.63) is 58.3 Å². The molecular formula is C24H26FN5O2. The van der Waals surface area contributed by atoms with Crippen LogP contribution in [0.1, 0.15) is 32.8 Å². The molecule has 7 nitrogen and oxygen atoms in total. The van der Waals surface area contributed by atoms with E-state index in [1.807, 2.05) is 18.2 Å². The zero-order chi connectivity index (χ0) is 22.5. The molecule has 1 aromatic carbocycles. The van der Waals surface area contributed by atoms with Crippen LogP contribution in [0.4, 0.5) is 10.2 Å². The summed E-state index contributed by atoms with van der Waals surface area (Å²) in [6.07, 6.45) is 2.08. The Labute approximate surface area is 185 Å². The summed E-state index contributed by atoms with van der Waals surface area (Å²) in [7, 11) is 0. The molecule has 2 aromatic heterocycles. The van der Waals surface area contributed by atoms with Gasteiger partial charge in [-0.1, -0.05) is 12.1 Å². The Balaban J connectivity index is 1.41. The fourth-order valence-electron chi connectivity index (χ4n) is 4.54. The Morgan fingerprint density at radius 3 is 2.81 bits per heavy atom. The second-order valence-corrected chi connectivity index (χ2v) is 9.43. The average Bonchev–Trinajstić information content (AvgIpc) is 3.19. The highest BCUT2D eigenvalue weighted by atomic mass is 19.1. The number of H-pyrrole nitrogens is 1. The lowest BCUT2D eigenvalue weighted by atomic mass is 9.95. The first kappa shape index (κ1) is 20.6. The molecule has 0 bridgehead atoms. The molecule has 3 aromatic rings. The minimum Gasteiger partial charge on any atom is -0.472 e. The third kappa shape index (κ3) is 3.86. The van der Waals surface area contributed by atoms with Gasteiger partial charge in [0.15, 0.2) is 5.82 Å². The summed E-state index contributed by atoms with van der Waals surface area (Å²) in [6, 6.07) is 9.93. The van der Waals surface area contributed by atoms with E-state index in [-0.39, 0.29) is 11.1 Å². The number of fused-ring (bicyclic) bond motifs is 3. The van der Waals surface area contributed by atoms with E-state index in [0.717, 1.165) is 48.2 Å². The second-order valence-electron chi connectivity index (χ2n) is 9.43. The first-order valence-corrected chi connectivity index (χ1v) is 10.8. The van der Waals surface area contributed by atoms with Crippen LogP contribution in [0.3, 0.4) is 0 Å². The van der Waals surface area contributed by atoms with Crippen molar-refractivity contribution >= 4 is 5.82 Å². The van der Waals surface area contributed by atoms with Crippen LogP contribution >= 0.6 is 0 Å². The quantitative estimate of drug-likeness (QED) is 0.655. The zero-order valence-corrected chi connectivity index (χ0v) is 18.4. The maximum absolute atomic E-state index is 14.2. The van der Waals surface area contributed by atoms with Crippen molar-refractivity contribution < 1.29 is 9.13 Å². The number of ether oxygens (including phenoxy) is 1. The van der Waals surface area contributed by atoms with Gasteiger partial charge < -0.3 is 15.0 Å². The number of nitrogens with one attached hydrogen (secondary N) is 2. The molecular weight excluding hydrogens is 409 g/mol. The van der Waals surface area contributed by atoms with Crippen molar-refractivity contribution in [2.75, 3.05) is 18.0 Å². The van der Waals surface area contributed by atoms with Crippen molar-refractivity contribution in [1.82, 2.24) is 20.5 Å². The number of hydrogen-bond acceptors (Lipinski definition) is 6. The van der Waals surface area contributed by atoms with Crippen molar-refractivity contribution in [3.63, 3.8) is 0 Å². The van der Waals surface area contributed by atoms with E-state index in [9.17, 15) is 9.18 Å². The van der Waals surface area contributed by atoms with E-state index in [1.54, 1.807) is 12.1 Å². The van der Waals surface area contributed by atoms with E-state index in [0.29, 0.717) is 24.1 Å². The fraction of sp³-hybridized carbons (Fsp3) is 0.375. The number of aromatic amines is 1. The SMILES string of the molecule is CC(C)(C)NC1CCN(c2ccc3c(n2)OCc2cc(-c4c(F)cn[nH]c4=O)ccc2-3)C1. The van der Waals surface area contributed by atoms with E-state index < -0.39 is 11.4 Å². The maximum Gasteiger partial charge on any atom is 0.275 e. The Morgan fingerprint density at radius 1 is 1.22 bits per heavy atom. The zero-order valence-electron chi connectivity index (χ0n) is 18.4. The van der Waals surface area contributed by atoms with Gasteiger partial charge in [0, 0.05) is 30.2 Å². The molecule has 0 radical (unpaired) electrons. The second kappa shape index (κ2) is 7.70. The first-order valence-electron chi connectivity index (χ1n) is 10.8. The molecule has 1 unspecified atom stereocenters. The minimum atomic E-state index is -0.651. The van der Waals surface area contributed by atoms with Gasteiger partial charge in [-0.3, -0.25) is 4.79 Å². The largest absolute Gasteiger partial charge is 0.472 e. The van der Waals surface area contributed by atoms with Gasteiger partial charge in [-0.25, -0.2) is 9.49 Å². The highest BCUT2D eigenvalue weighted by Gasteiger charge is 2.28. The molecule has 4 heterocycles. The van der Waals surface area contributed by atoms with Crippen LogP contribution in [-0.4, -0.2) is 39.9 Å². The third-order valence-electron chi connectivity index (χ3n) is 5.85. The van der Waals surface area contributed by atoms with E-state index in [2.05, 4.69) is 41.2 Å². The van der Waals surface area contributed by atoms with Gasteiger partial charge in [-0.15, -0.1) is 0 Å². The van der Waals surface area contributed by atoms with Gasteiger partial charge >= 0.3 is 0 Å².